The molecule has 3 aromatic heterocycles. The van der Waals surface area contributed by atoms with Crippen LogP contribution in [0.3, 0.4) is 0 Å². The van der Waals surface area contributed by atoms with Crippen molar-refractivity contribution in [1.29, 1.82) is 0 Å². The van der Waals surface area contributed by atoms with Gasteiger partial charge in [-0.15, -0.1) is 0 Å². The summed E-state index contributed by atoms with van der Waals surface area (Å²) >= 11 is 0. The summed E-state index contributed by atoms with van der Waals surface area (Å²) in [5.41, 5.74) is 6.24. The number of Topliss-reactive ketones (excluding diaryl/α,β-unsaturated/α-hetero) is 1. The van der Waals surface area contributed by atoms with Crippen LogP contribution in [-0.2, 0) is 19.9 Å². The molecule has 7 nitrogen and oxygen atoms in total. The molecule has 1 aromatic carbocycles. The number of carbonyl (C=O) groups excluding carboxylic acids is 2. The van der Waals surface area contributed by atoms with Gasteiger partial charge in [-0.2, -0.15) is 5.10 Å². The van der Waals surface area contributed by atoms with E-state index in [1.807, 2.05) is 30.3 Å². The molecule has 5 rings (SSSR count). The molecule has 1 aliphatic carbocycles. The van der Waals surface area contributed by atoms with Crippen LogP contribution in [0.1, 0.15) is 50.4 Å². The van der Waals surface area contributed by atoms with Gasteiger partial charge >= 0.3 is 0 Å². The normalized spacial score (nSPS) is 13.1. The van der Waals surface area contributed by atoms with E-state index in [-0.39, 0.29) is 11.7 Å². The van der Waals surface area contributed by atoms with E-state index in [9.17, 15) is 9.59 Å². The molecular formula is C25H23N5O2. The van der Waals surface area contributed by atoms with Crippen molar-refractivity contribution in [2.75, 3.05) is 5.32 Å². The molecule has 7 heteroatoms. The van der Waals surface area contributed by atoms with Gasteiger partial charge in [0, 0.05) is 49.1 Å². The number of aromatic nitrogens is 4. The number of anilines is 1. The average molecular weight is 425 g/mol. The number of amides is 1. The Bertz CT molecular complexity index is 1300. The Labute approximate surface area is 185 Å². The van der Waals surface area contributed by atoms with Gasteiger partial charge in [0.1, 0.15) is 5.82 Å². The third-order valence-corrected chi connectivity index (χ3v) is 5.77. The van der Waals surface area contributed by atoms with Crippen LogP contribution in [-0.4, -0.2) is 31.4 Å². The molecule has 3 heterocycles. The van der Waals surface area contributed by atoms with Crippen molar-refractivity contribution in [2.45, 2.75) is 25.7 Å². The summed E-state index contributed by atoms with van der Waals surface area (Å²) in [5, 5.41) is 6.88. The Morgan fingerprint density at radius 1 is 1.19 bits per heavy atom. The number of ketones is 1. The molecule has 160 valence electrons. The number of pyridine rings is 1. The number of benzene rings is 1. The molecule has 0 bridgehead atoms. The van der Waals surface area contributed by atoms with Crippen LogP contribution < -0.4 is 5.32 Å². The van der Waals surface area contributed by atoms with Gasteiger partial charge < -0.3 is 10.3 Å². The Kier molecular flexibility index (Phi) is 5.15. The van der Waals surface area contributed by atoms with Crippen LogP contribution in [0.4, 0.5) is 5.82 Å². The lowest BCUT2D eigenvalue weighted by molar-refractivity contribution is 0.0970. The number of hydrogen-bond acceptors (Lipinski definition) is 4. The molecule has 1 amide bonds. The number of H-pyrrole nitrogens is 1. The lowest BCUT2D eigenvalue weighted by Gasteiger charge is -2.12. The first-order valence-electron chi connectivity index (χ1n) is 10.7. The van der Waals surface area contributed by atoms with Gasteiger partial charge in [-0.1, -0.05) is 30.3 Å². The first-order valence-corrected chi connectivity index (χ1v) is 10.7. The zero-order valence-corrected chi connectivity index (χ0v) is 17.8. The van der Waals surface area contributed by atoms with Crippen molar-refractivity contribution in [3.8, 4) is 11.3 Å². The highest BCUT2D eigenvalue weighted by Gasteiger charge is 2.26. The van der Waals surface area contributed by atoms with Crippen LogP contribution >= 0.6 is 0 Å². The Hall–Kier alpha value is -4.00. The molecule has 0 aliphatic heterocycles. The Balaban J connectivity index is 1.52. The molecule has 2 N–H and O–H groups in total. The fourth-order valence-electron chi connectivity index (χ4n) is 4.28. The van der Waals surface area contributed by atoms with E-state index >= 15 is 0 Å². The fraction of sp³-hybridized carbons (Fsp3) is 0.200. The van der Waals surface area contributed by atoms with Crippen LogP contribution in [0.2, 0.25) is 0 Å². The molecular weight excluding hydrogens is 402 g/mol. The van der Waals surface area contributed by atoms with Gasteiger partial charge in [0.25, 0.3) is 5.91 Å². The fourth-order valence-corrected chi connectivity index (χ4v) is 4.28. The minimum Gasteiger partial charge on any atom is -0.358 e. The van der Waals surface area contributed by atoms with Gasteiger partial charge in [-0.3, -0.25) is 14.3 Å². The van der Waals surface area contributed by atoms with Crippen LogP contribution in [0.5, 0.6) is 0 Å². The smallest absolute Gasteiger partial charge is 0.260 e. The van der Waals surface area contributed by atoms with E-state index in [1.165, 1.54) is 6.20 Å². The third kappa shape index (κ3) is 3.85. The summed E-state index contributed by atoms with van der Waals surface area (Å²) in [6.07, 6.45) is 7.80. The lowest BCUT2D eigenvalue weighted by atomic mass is 9.90. The van der Waals surface area contributed by atoms with Crippen LogP contribution in [0.25, 0.3) is 11.3 Å². The number of fused-ring (bicyclic) bond motifs is 1. The van der Waals surface area contributed by atoms with E-state index in [4.69, 9.17) is 0 Å². The van der Waals surface area contributed by atoms with E-state index < -0.39 is 0 Å². The predicted octanol–water partition coefficient (Wildman–Crippen LogP) is 4.17. The number of aryl methyl sites for hydroxylation is 2. The number of carbonyl (C=O) groups is 2. The number of hydrogen-bond donors (Lipinski definition) is 2. The molecule has 0 radical (unpaired) electrons. The van der Waals surface area contributed by atoms with E-state index in [1.54, 1.807) is 24.1 Å². The SMILES string of the molecule is Cn1cc(C(=O)Nc2cc(-c3[nH]c4c(c3Cc3ccccc3)C(=O)CCC4)ccn2)cn1. The predicted molar refractivity (Wildman–Crippen MR) is 122 cm³/mol. The Morgan fingerprint density at radius 3 is 2.81 bits per heavy atom. The summed E-state index contributed by atoms with van der Waals surface area (Å²) in [6, 6.07) is 13.9. The highest BCUT2D eigenvalue weighted by Crippen LogP contribution is 2.35. The lowest BCUT2D eigenvalue weighted by Crippen LogP contribution is -2.12. The molecule has 0 spiro atoms. The quantitative estimate of drug-likeness (QED) is 0.502. The van der Waals surface area contributed by atoms with Gasteiger partial charge in [-0.25, -0.2) is 4.98 Å². The second kappa shape index (κ2) is 8.26. The second-order valence-corrected chi connectivity index (χ2v) is 8.06. The van der Waals surface area contributed by atoms with Crippen LogP contribution in [0.15, 0.2) is 61.1 Å². The zero-order chi connectivity index (χ0) is 22.1. The first kappa shape index (κ1) is 19.9. The van der Waals surface area contributed by atoms with E-state index in [0.29, 0.717) is 24.2 Å². The molecule has 0 saturated carbocycles. The van der Waals surface area contributed by atoms with E-state index in [2.05, 4.69) is 32.5 Å². The minimum atomic E-state index is -0.270. The van der Waals surface area contributed by atoms with Gasteiger partial charge in [0.15, 0.2) is 5.78 Å². The molecule has 0 fully saturated rings. The topological polar surface area (TPSA) is 92.7 Å². The summed E-state index contributed by atoms with van der Waals surface area (Å²) in [7, 11) is 1.76. The maximum absolute atomic E-state index is 12.8. The van der Waals surface area contributed by atoms with Crippen molar-refractivity contribution in [3.63, 3.8) is 0 Å². The van der Waals surface area contributed by atoms with Gasteiger partial charge in [0.05, 0.1) is 17.5 Å². The molecule has 32 heavy (non-hydrogen) atoms. The highest BCUT2D eigenvalue weighted by atomic mass is 16.1. The minimum absolute atomic E-state index is 0.193. The van der Waals surface area contributed by atoms with Gasteiger partial charge in [0.2, 0.25) is 0 Å². The maximum atomic E-state index is 12.8. The van der Waals surface area contributed by atoms with Crippen molar-refractivity contribution in [2.24, 2.45) is 7.05 Å². The summed E-state index contributed by atoms with van der Waals surface area (Å²) < 4.78 is 1.58. The summed E-state index contributed by atoms with van der Waals surface area (Å²) in [6.45, 7) is 0. The van der Waals surface area contributed by atoms with Crippen molar-refractivity contribution in [1.82, 2.24) is 19.7 Å². The summed E-state index contributed by atoms with van der Waals surface area (Å²) in [5.74, 6) is 0.368. The molecule has 4 aromatic rings. The largest absolute Gasteiger partial charge is 0.358 e. The molecule has 0 saturated heterocycles. The standard InChI is InChI=1S/C25H23N5O2/c1-30-15-18(14-27-30)25(32)29-22-13-17(10-11-26-22)24-19(12-16-6-3-2-4-7-16)23-20(28-24)8-5-9-21(23)31/h2-4,6-7,10-11,13-15,28H,5,8-9,12H2,1H3,(H,26,29,32). The van der Waals surface area contributed by atoms with E-state index in [0.717, 1.165) is 46.5 Å². The summed E-state index contributed by atoms with van der Waals surface area (Å²) in [4.78, 5) is 33.2. The molecule has 1 aliphatic rings. The monoisotopic (exact) mass is 425 g/mol. The molecule has 0 atom stereocenters. The number of aromatic amines is 1. The third-order valence-electron chi connectivity index (χ3n) is 5.77. The second-order valence-electron chi connectivity index (χ2n) is 8.06. The van der Waals surface area contributed by atoms with Crippen molar-refractivity contribution in [3.05, 3.63) is 89.0 Å². The number of rotatable bonds is 5. The number of nitrogens with one attached hydrogen (secondary N) is 2. The van der Waals surface area contributed by atoms with Gasteiger partial charge in [-0.05, 0) is 36.1 Å². The van der Waals surface area contributed by atoms with Crippen LogP contribution in [0, 0.1) is 0 Å². The van der Waals surface area contributed by atoms with Crippen molar-refractivity contribution >= 4 is 17.5 Å². The first-order chi connectivity index (χ1) is 15.6. The number of nitrogens with zero attached hydrogens (tertiary/aromatic N) is 3. The average Bonchev–Trinajstić information content (AvgIpc) is 3.39. The Morgan fingerprint density at radius 2 is 2.03 bits per heavy atom. The zero-order valence-electron chi connectivity index (χ0n) is 17.8. The van der Waals surface area contributed by atoms with Crippen molar-refractivity contribution < 1.29 is 9.59 Å². The molecule has 0 unspecified atom stereocenters. The highest BCUT2D eigenvalue weighted by molar-refractivity contribution is 6.04. The maximum Gasteiger partial charge on any atom is 0.260 e.